The summed E-state index contributed by atoms with van der Waals surface area (Å²) >= 11 is 6.90. The maximum Gasteiger partial charge on any atom is 0.109 e. The van der Waals surface area contributed by atoms with Crippen LogP contribution < -0.4 is 5.32 Å². The highest BCUT2D eigenvalue weighted by molar-refractivity contribution is 9.11. The van der Waals surface area contributed by atoms with Gasteiger partial charge in [0, 0.05) is 35.1 Å². The summed E-state index contributed by atoms with van der Waals surface area (Å²) in [6.07, 6.45) is 0. The summed E-state index contributed by atoms with van der Waals surface area (Å²) in [6.45, 7) is 3.33. The molecule has 2 rings (SSSR count). The fraction of sp³-hybridized carbons (Fsp3) is 0.500. The van der Waals surface area contributed by atoms with E-state index in [1.54, 1.807) is 0 Å². The number of benzene rings is 1. The van der Waals surface area contributed by atoms with E-state index < -0.39 is 0 Å². The fourth-order valence-electron chi connectivity index (χ4n) is 2.16. The highest BCUT2D eigenvalue weighted by Crippen LogP contribution is 2.28. The summed E-state index contributed by atoms with van der Waals surface area (Å²) in [7, 11) is 0. The van der Waals surface area contributed by atoms with Gasteiger partial charge in [-0.15, -0.1) is 12.4 Å². The second kappa shape index (κ2) is 7.80. The van der Waals surface area contributed by atoms with Crippen molar-refractivity contribution in [2.45, 2.75) is 6.04 Å². The minimum atomic E-state index is -0.344. The molecule has 2 nitrogen and oxygen atoms in total. The van der Waals surface area contributed by atoms with Crippen molar-refractivity contribution in [3.8, 4) is 0 Å². The zero-order valence-corrected chi connectivity index (χ0v) is 13.8. The van der Waals surface area contributed by atoms with Crippen LogP contribution in [0.3, 0.4) is 0 Å². The van der Waals surface area contributed by atoms with Crippen molar-refractivity contribution in [3.05, 3.63) is 32.7 Å². The highest BCUT2D eigenvalue weighted by Gasteiger charge is 2.22. The first kappa shape index (κ1) is 16.4. The Bertz CT molecular complexity index is 366. The van der Waals surface area contributed by atoms with Crippen molar-refractivity contribution in [2.75, 3.05) is 32.9 Å². The molecular weight excluding hydrogens is 386 g/mol. The normalized spacial score (nSPS) is 18.2. The first-order chi connectivity index (χ1) is 8.20. The van der Waals surface area contributed by atoms with E-state index in [2.05, 4.69) is 42.1 Å². The number of nitrogens with one attached hydrogen (secondary N) is 1. The Kier molecular flexibility index (Phi) is 7.10. The van der Waals surface area contributed by atoms with Gasteiger partial charge in [-0.2, -0.15) is 0 Å². The zero-order valence-electron chi connectivity index (χ0n) is 9.83. The van der Waals surface area contributed by atoms with Crippen LogP contribution in [0.15, 0.2) is 27.1 Å². The van der Waals surface area contributed by atoms with Crippen LogP contribution in [0.2, 0.25) is 0 Å². The van der Waals surface area contributed by atoms with Crippen molar-refractivity contribution < 1.29 is 4.39 Å². The number of hydrogen-bond donors (Lipinski definition) is 1. The number of nitrogens with zero attached hydrogens (tertiary/aromatic N) is 1. The molecule has 1 atom stereocenters. The molecule has 0 radical (unpaired) electrons. The number of hydrogen-bond acceptors (Lipinski definition) is 2. The SMILES string of the molecule is Cl.FC[C@@H](c1cc(Br)cc(Br)c1)N1CCNCC1. The lowest BCUT2D eigenvalue weighted by molar-refractivity contribution is 0.147. The first-order valence-corrected chi connectivity index (χ1v) is 7.26. The fourth-order valence-corrected chi connectivity index (χ4v) is 3.49. The van der Waals surface area contributed by atoms with Crippen LogP contribution in [0.5, 0.6) is 0 Å². The van der Waals surface area contributed by atoms with Crippen LogP contribution in [0.4, 0.5) is 4.39 Å². The summed E-state index contributed by atoms with van der Waals surface area (Å²) in [5.74, 6) is 0. The molecule has 0 aromatic heterocycles. The molecule has 1 N–H and O–H groups in total. The standard InChI is InChI=1S/C12H15Br2FN2.ClH/c13-10-5-9(6-11(14)7-10)12(8-15)17-3-1-16-2-4-17;/h5-7,12,16H,1-4,8H2;1H/t12-;/m0./s1. The van der Waals surface area contributed by atoms with Crippen LogP contribution in [-0.4, -0.2) is 37.8 Å². The molecule has 0 saturated carbocycles. The predicted octanol–water partition coefficient (Wildman–Crippen LogP) is 3.55. The van der Waals surface area contributed by atoms with Crippen molar-refractivity contribution >= 4 is 44.3 Å². The van der Waals surface area contributed by atoms with E-state index in [1.807, 2.05) is 18.2 Å². The van der Waals surface area contributed by atoms with E-state index in [0.717, 1.165) is 40.7 Å². The molecule has 0 spiro atoms. The van der Waals surface area contributed by atoms with Gasteiger partial charge in [0.2, 0.25) is 0 Å². The Morgan fingerprint density at radius 1 is 1.17 bits per heavy atom. The molecule has 1 aromatic carbocycles. The molecule has 1 aromatic rings. The second-order valence-electron chi connectivity index (χ2n) is 4.16. The van der Waals surface area contributed by atoms with Crippen LogP contribution in [0.1, 0.15) is 11.6 Å². The Morgan fingerprint density at radius 3 is 2.22 bits per heavy atom. The second-order valence-corrected chi connectivity index (χ2v) is 5.99. The van der Waals surface area contributed by atoms with Gasteiger partial charge in [-0.1, -0.05) is 31.9 Å². The lowest BCUT2D eigenvalue weighted by atomic mass is 10.1. The van der Waals surface area contributed by atoms with Gasteiger partial charge in [0.25, 0.3) is 0 Å². The number of rotatable bonds is 3. The van der Waals surface area contributed by atoms with E-state index in [9.17, 15) is 4.39 Å². The molecule has 1 aliphatic rings. The van der Waals surface area contributed by atoms with Gasteiger partial charge >= 0.3 is 0 Å². The quantitative estimate of drug-likeness (QED) is 0.832. The Labute approximate surface area is 130 Å². The molecule has 0 bridgehead atoms. The number of halogens is 4. The van der Waals surface area contributed by atoms with Crippen LogP contribution >= 0.6 is 44.3 Å². The Balaban J connectivity index is 0.00000162. The maximum absolute atomic E-state index is 13.3. The monoisotopic (exact) mass is 400 g/mol. The van der Waals surface area contributed by atoms with Gasteiger partial charge in [-0.05, 0) is 23.8 Å². The third-order valence-electron chi connectivity index (χ3n) is 3.01. The zero-order chi connectivity index (χ0) is 12.3. The topological polar surface area (TPSA) is 15.3 Å². The Hall–Kier alpha value is 0.320. The van der Waals surface area contributed by atoms with E-state index in [0.29, 0.717) is 0 Å². The summed E-state index contributed by atoms with van der Waals surface area (Å²) in [5, 5.41) is 3.29. The average molecular weight is 403 g/mol. The molecule has 1 heterocycles. The summed E-state index contributed by atoms with van der Waals surface area (Å²) < 4.78 is 15.3. The lowest BCUT2D eigenvalue weighted by Gasteiger charge is -2.33. The third kappa shape index (κ3) is 4.17. The Morgan fingerprint density at radius 2 is 1.72 bits per heavy atom. The van der Waals surface area contributed by atoms with Crippen molar-refractivity contribution in [3.63, 3.8) is 0 Å². The third-order valence-corrected chi connectivity index (χ3v) is 3.92. The van der Waals surface area contributed by atoms with Crippen molar-refractivity contribution in [1.82, 2.24) is 10.2 Å². The van der Waals surface area contributed by atoms with E-state index >= 15 is 0 Å². The van der Waals surface area contributed by atoms with E-state index in [4.69, 9.17) is 0 Å². The average Bonchev–Trinajstić information content (AvgIpc) is 2.30. The minimum absolute atomic E-state index is 0. The van der Waals surface area contributed by atoms with Gasteiger partial charge in [0.15, 0.2) is 0 Å². The summed E-state index contributed by atoms with van der Waals surface area (Å²) in [6, 6.07) is 5.83. The molecule has 1 saturated heterocycles. The van der Waals surface area contributed by atoms with Crippen LogP contribution in [0.25, 0.3) is 0 Å². The smallest absolute Gasteiger partial charge is 0.109 e. The van der Waals surface area contributed by atoms with Crippen LogP contribution in [-0.2, 0) is 0 Å². The molecule has 18 heavy (non-hydrogen) atoms. The molecule has 0 amide bonds. The van der Waals surface area contributed by atoms with Gasteiger partial charge < -0.3 is 5.32 Å². The first-order valence-electron chi connectivity index (χ1n) is 5.67. The van der Waals surface area contributed by atoms with Gasteiger partial charge in [-0.3, -0.25) is 4.90 Å². The van der Waals surface area contributed by atoms with Crippen molar-refractivity contribution in [1.29, 1.82) is 0 Å². The van der Waals surface area contributed by atoms with E-state index in [-0.39, 0.29) is 25.1 Å². The van der Waals surface area contributed by atoms with E-state index in [1.165, 1.54) is 0 Å². The van der Waals surface area contributed by atoms with Gasteiger partial charge in [0.1, 0.15) is 6.67 Å². The molecule has 6 heteroatoms. The lowest BCUT2D eigenvalue weighted by Crippen LogP contribution is -2.45. The largest absolute Gasteiger partial charge is 0.314 e. The number of piperazine rings is 1. The summed E-state index contributed by atoms with van der Waals surface area (Å²) in [5.41, 5.74) is 1.02. The summed E-state index contributed by atoms with van der Waals surface area (Å²) in [4.78, 5) is 2.20. The minimum Gasteiger partial charge on any atom is -0.314 e. The molecule has 102 valence electrons. The molecule has 1 fully saturated rings. The predicted molar refractivity (Wildman–Crippen MR) is 82.2 cm³/mol. The van der Waals surface area contributed by atoms with Gasteiger partial charge in [0.05, 0.1) is 6.04 Å². The van der Waals surface area contributed by atoms with Gasteiger partial charge in [-0.25, -0.2) is 4.39 Å². The number of alkyl halides is 1. The molecule has 1 aliphatic heterocycles. The van der Waals surface area contributed by atoms with Crippen molar-refractivity contribution in [2.24, 2.45) is 0 Å². The molecule has 0 aliphatic carbocycles. The highest BCUT2D eigenvalue weighted by atomic mass is 79.9. The molecule has 0 unspecified atom stereocenters. The maximum atomic E-state index is 13.3. The molecular formula is C12H16Br2ClFN2. The van der Waals surface area contributed by atoms with Crippen LogP contribution in [0, 0.1) is 0 Å².